The van der Waals surface area contributed by atoms with Crippen molar-refractivity contribution in [1.29, 1.82) is 0 Å². The van der Waals surface area contributed by atoms with Crippen LogP contribution in [-0.2, 0) is 4.79 Å². The normalized spacial score (nSPS) is 16.3. The van der Waals surface area contributed by atoms with Gasteiger partial charge < -0.3 is 9.73 Å². The highest BCUT2D eigenvalue weighted by atomic mass is 32.2. The fourth-order valence-corrected chi connectivity index (χ4v) is 4.48. The number of thioether (sulfide) groups is 1. The molecule has 0 unspecified atom stereocenters. The van der Waals surface area contributed by atoms with Crippen molar-refractivity contribution in [1.82, 2.24) is 15.2 Å². The fraction of sp³-hybridized carbons (Fsp3) is 0.263. The van der Waals surface area contributed by atoms with Crippen LogP contribution in [0.4, 0.5) is 5.13 Å². The summed E-state index contributed by atoms with van der Waals surface area (Å²) in [6.07, 6.45) is 2.24. The number of benzene rings is 1. The van der Waals surface area contributed by atoms with Gasteiger partial charge in [0.15, 0.2) is 4.34 Å². The number of nitrogens with zero attached hydrogens (tertiary/aromatic N) is 4. The number of hydrazone groups is 1. The minimum atomic E-state index is -0.235. The van der Waals surface area contributed by atoms with Gasteiger partial charge in [-0.05, 0) is 24.6 Å². The zero-order valence-corrected chi connectivity index (χ0v) is 17.1. The second kappa shape index (κ2) is 8.15. The van der Waals surface area contributed by atoms with Gasteiger partial charge in [-0.3, -0.25) is 4.79 Å². The molecular formula is C19H19N5O2S2. The van der Waals surface area contributed by atoms with Gasteiger partial charge >= 0.3 is 0 Å². The summed E-state index contributed by atoms with van der Waals surface area (Å²) in [5.74, 6) is 0.882. The van der Waals surface area contributed by atoms with Crippen molar-refractivity contribution in [2.45, 2.75) is 23.7 Å². The molecule has 0 aliphatic carbocycles. The molecule has 9 heteroatoms. The van der Waals surface area contributed by atoms with Gasteiger partial charge in [0.2, 0.25) is 5.13 Å². The number of anilines is 1. The highest BCUT2D eigenvalue weighted by molar-refractivity contribution is 8.01. The molecule has 1 aliphatic heterocycles. The number of carbonyl (C=O) groups is 1. The molecule has 3 heterocycles. The van der Waals surface area contributed by atoms with E-state index in [9.17, 15) is 4.79 Å². The number of aromatic nitrogens is 2. The Kier molecular flexibility index (Phi) is 5.45. The van der Waals surface area contributed by atoms with Crippen LogP contribution < -0.4 is 5.32 Å². The Balaban J connectivity index is 1.53. The molecule has 0 radical (unpaired) electrons. The topological polar surface area (TPSA) is 83.6 Å². The SMILES string of the molecule is CNc1nnc(SCC(=O)N2N=C(c3ccc(C)cc3)C[C@@H]2c2ccco2)s1. The molecule has 1 atom stereocenters. The summed E-state index contributed by atoms with van der Waals surface area (Å²) in [6, 6.07) is 11.7. The number of amides is 1. The average Bonchev–Trinajstić information content (AvgIpc) is 3.46. The first-order valence-electron chi connectivity index (χ1n) is 8.78. The fourth-order valence-electron chi connectivity index (χ4n) is 2.92. The summed E-state index contributed by atoms with van der Waals surface area (Å²) in [5, 5.41) is 17.9. The van der Waals surface area contributed by atoms with E-state index in [0.29, 0.717) is 6.42 Å². The molecule has 1 amide bonds. The molecule has 0 bridgehead atoms. The molecule has 7 nitrogen and oxygen atoms in total. The Labute approximate surface area is 170 Å². The molecule has 1 N–H and O–H groups in total. The van der Waals surface area contributed by atoms with E-state index in [2.05, 4.69) is 32.7 Å². The zero-order valence-electron chi connectivity index (χ0n) is 15.5. The summed E-state index contributed by atoms with van der Waals surface area (Å²) in [4.78, 5) is 12.9. The van der Waals surface area contributed by atoms with E-state index >= 15 is 0 Å². The molecule has 0 spiro atoms. The van der Waals surface area contributed by atoms with E-state index in [1.807, 2.05) is 31.2 Å². The van der Waals surface area contributed by atoms with Gasteiger partial charge in [0.25, 0.3) is 5.91 Å². The molecule has 28 heavy (non-hydrogen) atoms. The number of rotatable bonds is 6. The molecule has 0 saturated heterocycles. The van der Waals surface area contributed by atoms with Crippen molar-refractivity contribution in [2.24, 2.45) is 5.10 Å². The second-order valence-corrected chi connectivity index (χ2v) is 8.50. The van der Waals surface area contributed by atoms with E-state index in [4.69, 9.17) is 4.42 Å². The predicted molar refractivity (Wildman–Crippen MR) is 111 cm³/mol. The lowest BCUT2D eigenvalue weighted by Gasteiger charge is -2.19. The Morgan fingerprint density at radius 1 is 1.32 bits per heavy atom. The first-order valence-corrected chi connectivity index (χ1v) is 10.6. The van der Waals surface area contributed by atoms with Gasteiger partial charge in [0.05, 0.1) is 17.7 Å². The molecular weight excluding hydrogens is 394 g/mol. The summed E-state index contributed by atoms with van der Waals surface area (Å²) in [6.45, 7) is 2.05. The minimum Gasteiger partial charge on any atom is -0.467 e. The van der Waals surface area contributed by atoms with Gasteiger partial charge in [-0.1, -0.05) is 52.9 Å². The summed E-state index contributed by atoms with van der Waals surface area (Å²) in [7, 11) is 1.79. The highest BCUT2D eigenvalue weighted by Crippen LogP contribution is 2.34. The molecule has 144 valence electrons. The number of hydrogen-bond donors (Lipinski definition) is 1. The lowest BCUT2D eigenvalue weighted by molar-refractivity contribution is -0.130. The molecule has 1 aliphatic rings. The third-order valence-electron chi connectivity index (χ3n) is 4.36. The van der Waals surface area contributed by atoms with Crippen LogP contribution in [0, 0.1) is 6.92 Å². The molecule has 3 aromatic rings. The third-order valence-corrected chi connectivity index (χ3v) is 6.42. The van der Waals surface area contributed by atoms with Crippen LogP contribution in [0.3, 0.4) is 0 Å². The maximum atomic E-state index is 12.9. The standard InChI is InChI=1S/C19H19N5O2S2/c1-12-5-7-13(8-6-12)14-10-15(16-4-3-9-26-16)24(23-14)17(25)11-27-19-22-21-18(20-2)28-19/h3-9,15H,10-11H2,1-2H3,(H,20,21)/t15-/m1/s1. The van der Waals surface area contributed by atoms with Crippen LogP contribution >= 0.6 is 23.1 Å². The van der Waals surface area contributed by atoms with Crippen molar-refractivity contribution in [3.05, 3.63) is 59.5 Å². The summed E-state index contributed by atoms with van der Waals surface area (Å²) in [5.41, 5.74) is 3.09. The van der Waals surface area contributed by atoms with Crippen molar-refractivity contribution >= 4 is 39.8 Å². The zero-order chi connectivity index (χ0) is 19.5. The predicted octanol–water partition coefficient (Wildman–Crippen LogP) is 3.95. The van der Waals surface area contributed by atoms with E-state index in [0.717, 1.165) is 26.5 Å². The number of furan rings is 1. The molecule has 1 aromatic carbocycles. The number of nitrogens with one attached hydrogen (secondary N) is 1. The van der Waals surface area contributed by atoms with Gasteiger partial charge in [-0.25, -0.2) is 5.01 Å². The van der Waals surface area contributed by atoms with Crippen LogP contribution in [0.2, 0.25) is 0 Å². The van der Waals surface area contributed by atoms with Gasteiger partial charge in [0, 0.05) is 13.5 Å². The molecule has 4 rings (SSSR count). The summed E-state index contributed by atoms with van der Waals surface area (Å²) >= 11 is 2.78. The molecule has 2 aromatic heterocycles. The first-order chi connectivity index (χ1) is 13.6. The Morgan fingerprint density at radius 3 is 2.82 bits per heavy atom. The van der Waals surface area contributed by atoms with Crippen LogP contribution in [0.25, 0.3) is 0 Å². The number of carbonyl (C=O) groups excluding carboxylic acids is 1. The average molecular weight is 414 g/mol. The molecule has 0 fully saturated rings. The number of aryl methyl sites for hydroxylation is 1. The second-order valence-electron chi connectivity index (χ2n) is 6.30. The van der Waals surface area contributed by atoms with Crippen molar-refractivity contribution in [3.8, 4) is 0 Å². The van der Waals surface area contributed by atoms with E-state index < -0.39 is 0 Å². The van der Waals surface area contributed by atoms with Gasteiger partial charge in [-0.15, -0.1) is 10.2 Å². The van der Waals surface area contributed by atoms with Crippen molar-refractivity contribution in [2.75, 3.05) is 18.1 Å². The van der Waals surface area contributed by atoms with Crippen LogP contribution in [0.15, 0.2) is 56.5 Å². The third kappa shape index (κ3) is 3.95. The van der Waals surface area contributed by atoms with Crippen LogP contribution in [0.5, 0.6) is 0 Å². The van der Waals surface area contributed by atoms with Gasteiger partial charge in [0.1, 0.15) is 11.8 Å². The van der Waals surface area contributed by atoms with E-state index in [1.54, 1.807) is 18.3 Å². The summed E-state index contributed by atoms with van der Waals surface area (Å²) < 4.78 is 6.32. The molecule has 0 saturated carbocycles. The first kappa shape index (κ1) is 18.7. The van der Waals surface area contributed by atoms with Crippen molar-refractivity contribution < 1.29 is 9.21 Å². The minimum absolute atomic E-state index is 0.0882. The van der Waals surface area contributed by atoms with Gasteiger partial charge in [-0.2, -0.15) is 5.10 Å². The maximum absolute atomic E-state index is 12.9. The van der Waals surface area contributed by atoms with E-state index in [-0.39, 0.29) is 17.7 Å². The quantitative estimate of drug-likeness (QED) is 0.616. The largest absolute Gasteiger partial charge is 0.467 e. The van der Waals surface area contributed by atoms with E-state index in [1.165, 1.54) is 28.7 Å². The smallest absolute Gasteiger partial charge is 0.253 e. The van der Waals surface area contributed by atoms with Crippen molar-refractivity contribution in [3.63, 3.8) is 0 Å². The lowest BCUT2D eigenvalue weighted by Crippen LogP contribution is -2.28. The monoisotopic (exact) mass is 413 g/mol. The lowest BCUT2D eigenvalue weighted by atomic mass is 10.0. The Morgan fingerprint density at radius 2 is 2.14 bits per heavy atom. The number of hydrogen-bond acceptors (Lipinski definition) is 8. The highest BCUT2D eigenvalue weighted by Gasteiger charge is 2.34. The maximum Gasteiger partial charge on any atom is 0.253 e. The Hall–Kier alpha value is -2.65. The Bertz CT molecular complexity index is 982. The van der Waals surface area contributed by atoms with Crippen LogP contribution in [-0.4, -0.2) is 39.6 Å². The van der Waals surface area contributed by atoms with Crippen LogP contribution in [0.1, 0.15) is 29.3 Å².